The summed E-state index contributed by atoms with van der Waals surface area (Å²) >= 11 is 0. The number of ether oxygens (including phenoxy) is 2. The van der Waals surface area contributed by atoms with Crippen molar-refractivity contribution in [3.8, 4) is 0 Å². The van der Waals surface area contributed by atoms with Gasteiger partial charge in [0, 0.05) is 13.0 Å². The zero-order valence-electron chi connectivity index (χ0n) is 38.7. The molecule has 6 unspecified atom stereocenters. The molecule has 0 bridgehead atoms. The van der Waals surface area contributed by atoms with Gasteiger partial charge < -0.3 is 39.9 Å². The molecule has 0 aromatic rings. The molecule has 0 spiro atoms. The Labute approximate surface area is 371 Å². The minimum atomic E-state index is -5.02. The van der Waals surface area contributed by atoms with Crippen molar-refractivity contribution in [3.05, 3.63) is 12.2 Å². The molecule has 1 saturated carbocycles. The lowest BCUT2D eigenvalue weighted by molar-refractivity contribution is -0.220. The van der Waals surface area contributed by atoms with E-state index in [-0.39, 0.29) is 13.0 Å². The van der Waals surface area contributed by atoms with Gasteiger partial charge in [-0.2, -0.15) is 0 Å². The molecular formula is C48H93O12P. The Morgan fingerprint density at radius 1 is 0.508 bits per heavy atom. The Bertz CT molecular complexity index is 1060. The van der Waals surface area contributed by atoms with E-state index >= 15 is 0 Å². The third-order valence-corrected chi connectivity index (χ3v) is 12.9. The fourth-order valence-electron chi connectivity index (χ4n) is 7.88. The second kappa shape index (κ2) is 39.4. The van der Waals surface area contributed by atoms with Gasteiger partial charge in [0.05, 0.1) is 13.2 Å². The van der Waals surface area contributed by atoms with Crippen LogP contribution in [-0.4, -0.2) is 98.9 Å². The van der Waals surface area contributed by atoms with Gasteiger partial charge in [-0.1, -0.05) is 193 Å². The van der Waals surface area contributed by atoms with Crippen molar-refractivity contribution in [2.45, 2.75) is 268 Å². The summed E-state index contributed by atoms with van der Waals surface area (Å²) in [4.78, 5) is 23.2. The predicted octanol–water partition coefficient (Wildman–Crippen LogP) is 10.7. The van der Waals surface area contributed by atoms with Crippen LogP contribution in [-0.2, 0) is 27.9 Å². The maximum atomic E-state index is 12.8. The molecule has 362 valence electrons. The highest BCUT2D eigenvalue weighted by Gasteiger charge is 2.51. The van der Waals surface area contributed by atoms with E-state index in [4.69, 9.17) is 18.5 Å². The Morgan fingerprint density at radius 2 is 0.869 bits per heavy atom. The van der Waals surface area contributed by atoms with Crippen LogP contribution in [0.4, 0.5) is 0 Å². The Morgan fingerprint density at radius 3 is 1.30 bits per heavy atom. The first kappa shape index (κ1) is 58.1. The van der Waals surface area contributed by atoms with Crippen LogP contribution in [0.3, 0.4) is 0 Å². The maximum Gasteiger partial charge on any atom is 0.472 e. The van der Waals surface area contributed by atoms with Crippen LogP contribution < -0.4 is 0 Å². The molecule has 0 aromatic carbocycles. The first-order valence-corrected chi connectivity index (χ1v) is 26.5. The molecule has 1 rings (SSSR count). The summed E-state index contributed by atoms with van der Waals surface area (Å²) < 4.78 is 34.3. The van der Waals surface area contributed by atoms with Crippen LogP contribution in [0.1, 0.15) is 226 Å². The van der Waals surface area contributed by atoms with Crippen molar-refractivity contribution in [1.82, 2.24) is 0 Å². The van der Waals surface area contributed by atoms with E-state index in [9.17, 15) is 39.8 Å². The van der Waals surface area contributed by atoms with Crippen LogP contribution in [0.15, 0.2) is 12.2 Å². The van der Waals surface area contributed by atoms with Crippen LogP contribution in [0.25, 0.3) is 0 Å². The summed E-state index contributed by atoms with van der Waals surface area (Å²) in [6.45, 7) is 4.28. The standard InChI is InChI=1S/C48H93O12P/c1-3-5-7-9-11-13-15-17-19-21-22-24-26-28-30-32-34-36-38-57-39-41(40-58-61(55,56)60-48-46(53)44(51)43(50)45(52)47(48)54)59-42(49)37-35-33-31-29-27-25-23-20-18-16-14-12-10-8-6-4-2/h17,19,41,43-48,50-54H,3-16,18,20-40H2,1-2H3,(H,55,56)/b19-17-. The Hall–Kier alpha value is -0.920. The van der Waals surface area contributed by atoms with E-state index < -0.39 is 63.1 Å². The second-order valence-corrected chi connectivity index (χ2v) is 19.1. The predicted molar refractivity (Wildman–Crippen MR) is 244 cm³/mol. The maximum absolute atomic E-state index is 12.8. The zero-order valence-corrected chi connectivity index (χ0v) is 39.6. The largest absolute Gasteiger partial charge is 0.472 e. The smallest absolute Gasteiger partial charge is 0.457 e. The third kappa shape index (κ3) is 31.6. The van der Waals surface area contributed by atoms with Crippen molar-refractivity contribution in [3.63, 3.8) is 0 Å². The van der Waals surface area contributed by atoms with Gasteiger partial charge in [0.1, 0.15) is 42.7 Å². The van der Waals surface area contributed by atoms with Gasteiger partial charge in [0.2, 0.25) is 0 Å². The lowest BCUT2D eigenvalue weighted by atomic mass is 9.85. The number of allylic oxidation sites excluding steroid dienone is 2. The van der Waals surface area contributed by atoms with Crippen molar-refractivity contribution >= 4 is 13.8 Å². The summed E-state index contributed by atoms with van der Waals surface area (Å²) in [5.74, 6) is -0.473. The number of rotatable bonds is 43. The Balaban J connectivity index is 2.35. The monoisotopic (exact) mass is 893 g/mol. The molecule has 0 amide bonds. The molecule has 6 atom stereocenters. The fraction of sp³-hybridized carbons (Fsp3) is 0.938. The molecule has 0 aromatic heterocycles. The van der Waals surface area contributed by atoms with E-state index in [1.807, 2.05) is 0 Å². The van der Waals surface area contributed by atoms with Crippen LogP contribution in [0, 0.1) is 0 Å². The molecule has 61 heavy (non-hydrogen) atoms. The molecule has 1 aliphatic carbocycles. The van der Waals surface area contributed by atoms with E-state index in [1.54, 1.807) is 0 Å². The molecule has 0 aliphatic heterocycles. The van der Waals surface area contributed by atoms with Gasteiger partial charge in [0.25, 0.3) is 0 Å². The highest BCUT2D eigenvalue weighted by molar-refractivity contribution is 7.47. The SMILES string of the molecule is CCCCCCCC/C=C\CCCCCCCCCCOCC(COP(=O)(O)OC1C(O)C(O)C(O)C(O)C1O)OC(=O)CCCCCCCCCCCCCCCCCC. The number of aliphatic hydroxyl groups excluding tert-OH is 5. The molecular weight excluding hydrogens is 799 g/mol. The topological polar surface area (TPSA) is 192 Å². The van der Waals surface area contributed by atoms with Gasteiger partial charge >= 0.3 is 13.8 Å². The van der Waals surface area contributed by atoms with Crippen LogP contribution >= 0.6 is 7.82 Å². The van der Waals surface area contributed by atoms with E-state index in [0.717, 1.165) is 38.5 Å². The second-order valence-electron chi connectivity index (χ2n) is 17.7. The number of aliphatic hydroxyl groups is 5. The number of esters is 1. The van der Waals surface area contributed by atoms with Gasteiger partial charge in [-0.15, -0.1) is 0 Å². The fourth-order valence-corrected chi connectivity index (χ4v) is 8.85. The highest BCUT2D eigenvalue weighted by Crippen LogP contribution is 2.47. The minimum Gasteiger partial charge on any atom is -0.457 e. The highest BCUT2D eigenvalue weighted by atomic mass is 31.2. The minimum absolute atomic E-state index is 0.0730. The summed E-state index contributed by atoms with van der Waals surface area (Å²) in [6, 6.07) is 0. The van der Waals surface area contributed by atoms with E-state index in [0.29, 0.717) is 13.0 Å². The number of carbonyl (C=O) groups excluding carboxylic acids is 1. The molecule has 13 heteroatoms. The van der Waals surface area contributed by atoms with Gasteiger partial charge in [-0.25, -0.2) is 4.57 Å². The van der Waals surface area contributed by atoms with Crippen molar-refractivity contribution in [1.29, 1.82) is 0 Å². The van der Waals surface area contributed by atoms with Gasteiger partial charge in [0.15, 0.2) is 0 Å². The normalized spacial score (nSPS) is 22.2. The number of unbranched alkanes of at least 4 members (excludes halogenated alkanes) is 29. The third-order valence-electron chi connectivity index (χ3n) is 11.9. The number of hydrogen-bond acceptors (Lipinski definition) is 11. The molecule has 0 saturated heterocycles. The number of carbonyl (C=O) groups is 1. The van der Waals surface area contributed by atoms with E-state index in [2.05, 4.69) is 26.0 Å². The molecule has 1 fully saturated rings. The van der Waals surface area contributed by atoms with Crippen molar-refractivity contribution in [2.24, 2.45) is 0 Å². The molecule has 0 radical (unpaired) electrons. The van der Waals surface area contributed by atoms with Gasteiger partial charge in [-0.3, -0.25) is 13.8 Å². The average molecular weight is 893 g/mol. The number of hydrogen-bond donors (Lipinski definition) is 6. The number of phosphoric ester groups is 1. The van der Waals surface area contributed by atoms with Gasteiger partial charge in [-0.05, 0) is 38.5 Å². The molecule has 1 aliphatic rings. The summed E-state index contributed by atoms with van der Waals surface area (Å²) in [7, 11) is -5.02. The lowest BCUT2D eigenvalue weighted by Gasteiger charge is -2.41. The first-order chi connectivity index (χ1) is 29.5. The summed E-state index contributed by atoms with van der Waals surface area (Å²) in [5, 5.41) is 50.2. The summed E-state index contributed by atoms with van der Waals surface area (Å²) in [6.07, 6.45) is 31.3. The Kier molecular flexibility index (Phi) is 37.6. The first-order valence-electron chi connectivity index (χ1n) is 25.0. The zero-order chi connectivity index (χ0) is 44.8. The molecule has 6 N–H and O–H groups in total. The quantitative estimate of drug-likeness (QED) is 0.0147. The lowest BCUT2D eigenvalue weighted by Crippen LogP contribution is -2.64. The van der Waals surface area contributed by atoms with Crippen LogP contribution in [0.2, 0.25) is 0 Å². The summed E-state index contributed by atoms with van der Waals surface area (Å²) in [5.41, 5.74) is 0. The average Bonchev–Trinajstić information content (AvgIpc) is 3.24. The van der Waals surface area contributed by atoms with Crippen molar-refractivity contribution in [2.75, 3.05) is 19.8 Å². The number of phosphoric acid groups is 1. The van der Waals surface area contributed by atoms with E-state index in [1.165, 1.54) is 161 Å². The molecule has 12 nitrogen and oxygen atoms in total. The van der Waals surface area contributed by atoms with Crippen molar-refractivity contribution < 1.29 is 58.3 Å². The molecule has 0 heterocycles. The van der Waals surface area contributed by atoms with Crippen LogP contribution in [0.5, 0.6) is 0 Å².